The van der Waals surface area contributed by atoms with Gasteiger partial charge in [-0.05, 0) is 55.5 Å². The minimum absolute atomic E-state index is 0.0484. The van der Waals surface area contributed by atoms with Gasteiger partial charge in [0.25, 0.3) is 0 Å². The Bertz CT molecular complexity index is 758. The Kier molecular flexibility index (Phi) is 7.56. The van der Waals surface area contributed by atoms with E-state index in [0.717, 1.165) is 31.5 Å². The van der Waals surface area contributed by atoms with Crippen molar-refractivity contribution in [2.24, 2.45) is 5.92 Å². The molecule has 4 rings (SSSR count). The molecule has 4 atom stereocenters. The third-order valence-corrected chi connectivity index (χ3v) is 6.82. The van der Waals surface area contributed by atoms with Gasteiger partial charge in [0, 0.05) is 25.0 Å². The number of likely N-dealkylation sites (tertiary alicyclic amines) is 1. The van der Waals surface area contributed by atoms with Crippen molar-refractivity contribution in [1.29, 1.82) is 0 Å². The molecule has 1 aliphatic heterocycles. The van der Waals surface area contributed by atoms with Crippen LogP contribution >= 0.6 is 0 Å². The average molecular weight is 410 g/mol. The third-order valence-electron chi connectivity index (χ3n) is 6.82. The molecular formula is C26H35NO3. The maximum Gasteiger partial charge on any atom is 0.0723 e. The van der Waals surface area contributed by atoms with Crippen LogP contribution in [0.2, 0.25) is 0 Å². The van der Waals surface area contributed by atoms with E-state index in [4.69, 9.17) is 4.74 Å². The Balaban J connectivity index is 1.39. The lowest BCUT2D eigenvalue weighted by Crippen LogP contribution is -2.47. The van der Waals surface area contributed by atoms with Gasteiger partial charge in [0.1, 0.15) is 0 Å². The molecular weight excluding hydrogens is 374 g/mol. The van der Waals surface area contributed by atoms with Crippen molar-refractivity contribution in [2.75, 3.05) is 19.7 Å². The predicted molar refractivity (Wildman–Crippen MR) is 120 cm³/mol. The molecule has 0 spiro atoms. The van der Waals surface area contributed by atoms with E-state index < -0.39 is 0 Å². The van der Waals surface area contributed by atoms with Gasteiger partial charge in [0.2, 0.25) is 0 Å². The molecule has 2 aromatic rings. The third kappa shape index (κ3) is 5.12. The zero-order valence-electron chi connectivity index (χ0n) is 17.8. The fraction of sp³-hybridized carbons (Fsp3) is 0.538. The first-order valence-corrected chi connectivity index (χ1v) is 11.5. The van der Waals surface area contributed by atoms with Gasteiger partial charge >= 0.3 is 0 Å². The number of hydrogen-bond acceptors (Lipinski definition) is 4. The van der Waals surface area contributed by atoms with Gasteiger partial charge in [-0.15, -0.1) is 0 Å². The lowest BCUT2D eigenvalue weighted by atomic mass is 9.92. The van der Waals surface area contributed by atoms with E-state index in [9.17, 15) is 10.2 Å². The molecule has 1 heterocycles. The van der Waals surface area contributed by atoms with Crippen LogP contribution in [0.15, 0.2) is 54.6 Å². The quantitative estimate of drug-likeness (QED) is 0.685. The van der Waals surface area contributed by atoms with E-state index >= 15 is 0 Å². The van der Waals surface area contributed by atoms with Crippen molar-refractivity contribution in [1.82, 2.24) is 4.90 Å². The Labute approximate surface area is 180 Å². The van der Waals surface area contributed by atoms with Crippen LogP contribution in [0.3, 0.4) is 0 Å². The molecule has 4 nitrogen and oxygen atoms in total. The van der Waals surface area contributed by atoms with E-state index in [1.807, 2.05) is 6.07 Å². The van der Waals surface area contributed by atoms with Gasteiger partial charge < -0.3 is 14.9 Å². The maximum atomic E-state index is 10.9. The summed E-state index contributed by atoms with van der Waals surface area (Å²) in [4.78, 5) is 2.48. The second kappa shape index (κ2) is 10.5. The number of ether oxygens (including phenoxy) is 1. The Morgan fingerprint density at radius 1 is 0.900 bits per heavy atom. The smallest absolute Gasteiger partial charge is 0.0723 e. The normalized spacial score (nSPS) is 27.4. The second-order valence-corrected chi connectivity index (χ2v) is 8.83. The second-order valence-electron chi connectivity index (χ2n) is 8.83. The van der Waals surface area contributed by atoms with Crippen LogP contribution in [-0.4, -0.2) is 53.1 Å². The molecule has 0 radical (unpaired) electrons. The summed E-state index contributed by atoms with van der Waals surface area (Å²) in [6.07, 6.45) is 5.81. The summed E-state index contributed by atoms with van der Waals surface area (Å²) >= 11 is 0. The molecule has 0 bridgehead atoms. The van der Waals surface area contributed by atoms with Gasteiger partial charge in [0.15, 0.2) is 0 Å². The standard InChI is InChI=1S/C26H35NO3/c28-17-7-10-23-25(18-24(29)26(23)27-15-5-2-6-16-27)30-19-20-11-13-22(14-12-20)21-8-3-1-4-9-21/h1,3-4,8-9,11-14,23-26,28-29H,2,5-7,10,15-19H2/t23-,24-,25-,26-/m0/s1. The molecule has 2 fully saturated rings. The lowest BCUT2D eigenvalue weighted by Gasteiger charge is -2.38. The highest BCUT2D eigenvalue weighted by Crippen LogP contribution is 2.37. The van der Waals surface area contributed by atoms with E-state index in [2.05, 4.69) is 53.4 Å². The first-order valence-electron chi connectivity index (χ1n) is 11.5. The fourth-order valence-electron chi connectivity index (χ4n) is 5.29. The lowest BCUT2D eigenvalue weighted by molar-refractivity contribution is -0.00705. The highest BCUT2D eigenvalue weighted by atomic mass is 16.5. The van der Waals surface area contributed by atoms with Crippen molar-refractivity contribution in [3.05, 3.63) is 60.2 Å². The van der Waals surface area contributed by atoms with Crippen molar-refractivity contribution < 1.29 is 14.9 Å². The summed E-state index contributed by atoms with van der Waals surface area (Å²) in [5, 5.41) is 20.2. The molecule has 4 heteroatoms. The van der Waals surface area contributed by atoms with Gasteiger partial charge in [-0.2, -0.15) is 0 Å². The number of nitrogens with zero attached hydrogens (tertiary/aromatic N) is 1. The van der Waals surface area contributed by atoms with Gasteiger partial charge in [-0.3, -0.25) is 4.90 Å². The van der Waals surface area contributed by atoms with E-state index in [1.54, 1.807) is 0 Å². The van der Waals surface area contributed by atoms with Crippen molar-refractivity contribution in [3.8, 4) is 11.1 Å². The molecule has 162 valence electrons. The van der Waals surface area contributed by atoms with Crippen LogP contribution in [0.5, 0.6) is 0 Å². The highest BCUT2D eigenvalue weighted by molar-refractivity contribution is 5.63. The summed E-state index contributed by atoms with van der Waals surface area (Å²) in [5.74, 6) is 0.286. The number of piperidine rings is 1. The van der Waals surface area contributed by atoms with Crippen molar-refractivity contribution >= 4 is 0 Å². The zero-order chi connectivity index (χ0) is 20.8. The summed E-state index contributed by atoms with van der Waals surface area (Å²) in [6, 6.07) is 19.1. The molecule has 0 aromatic heterocycles. The average Bonchev–Trinajstić information content (AvgIpc) is 3.12. The number of aliphatic hydroxyl groups excluding tert-OH is 2. The zero-order valence-corrected chi connectivity index (χ0v) is 17.8. The molecule has 1 aliphatic carbocycles. The summed E-state index contributed by atoms with van der Waals surface area (Å²) in [6.45, 7) is 2.91. The van der Waals surface area contributed by atoms with Crippen LogP contribution in [0.25, 0.3) is 11.1 Å². The molecule has 1 saturated carbocycles. The first kappa shape index (κ1) is 21.5. The van der Waals surface area contributed by atoms with Crippen LogP contribution in [-0.2, 0) is 11.3 Å². The number of benzene rings is 2. The largest absolute Gasteiger partial charge is 0.396 e. The van der Waals surface area contributed by atoms with E-state index in [1.165, 1.54) is 30.4 Å². The fourth-order valence-corrected chi connectivity index (χ4v) is 5.29. The van der Waals surface area contributed by atoms with Crippen LogP contribution < -0.4 is 0 Å². The maximum absolute atomic E-state index is 10.9. The topological polar surface area (TPSA) is 52.9 Å². The van der Waals surface area contributed by atoms with Gasteiger partial charge in [-0.25, -0.2) is 0 Å². The Morgan fingerprint density at radius 2 is 1.60 bits per heavy atom. The van der Waals surface area contributed by atoms with Crippen molar-refractivity contribution in [2.45, 2.75) is 63.4 Å². The molecule has 0 unspecified atom stereocenters. The molecule has 2 aliphatic rings. The SMILES string of the molecule is OCCC[C@@H]1[C@H](N2CCCCC2)[C@@H](O)C[C@@H]1OCc1ccc(-c2ccccc2)cc1. The minimum atomic E-state index is -0.336. The van der Waals surface area contributed by atoms with Crippen molar-refractivity contribution in [3.63, 3.8) is 0 Å². The van der Waals surface area contributed by atoms with E-state index in [-0.39, 0.29) is 30.8 Å². The molecule has 2 aromatic carbocycles. The number of rotatable bonds is 8. The number of hydrogen-bond donors (Lipinski definition) is 2. The summed E-state index contributed by atoms with van der Waals surface area (Å²) < 4.78 is 6.37. The molecule has 30 heavy (non-hydrogen) atoms. The first-order chi connectivity index (χ1) is 14.8. The molecule has 1 saturated heterocycles. The van der Waals surface area contributed by atoms with Crippen LogP contribution in [0, 0.1) is 5.92 Å². The molecule has 2 N–H and O–H groups in total. The Hall–Kier alpha value is -1.72. The highest BCUT2D eigenvalue weighted by Gasteiger charge is 2.45. The van der Waals surface area contributed by atoms with E-state index in [0.29, 0.717) is 13.0 Å². The summed E-state index contributed by atoms with van der Waals surface area (Å²) in [5.41, 5.74) is 3.59. The van der Waals surface area contributed by atoms with Gasteiger partial charge in [0.05, 0.1) is 18.8 Å². The monoisotopic (exact) mass is 409 g/mol. The van der Waals surface area contributed by atoms with Crippen LogP contribution in [0.1, 0.15) is 44.1 Å². The van der Waals surface area contributed by atoms with Gasteiger partial charge in [-0.1, -0.05) is 61.0 Å². The minimum Gasteiger partial charge on any atom is -0.396 e. The predicted octanol–water partition coefficient (Wildman–Crippen LogP) is 4.25. The summed E-state index contributed by atoms with van der Waals surface area (Å²) in [7, 11) is 0. The number of aliphatic hydroxyl groups is 2. The Morgan fingerprint density at radius 3 is 2.30 bits per heavy atom. The van der Waals surface area contributed by atoms with Crippen LogP contribution in [0.4, 0.5) is 0 Å². The molecule has 0 amide bonds.